The van der Waals surface area contributed by atoms with E-state index in [-0.39, 0.29) is 17.6 Å². The molecule has 4 aromatic rings. The first-order valence-corrected chi connectivity index (χ1v) is 7.38. The van der Waals surface area contributed by atoms with Crippen molar-refractivity contribution in [2.45, 2.75) is 0 Å². The summed E-state index contributed by atoms with van der Waals surface area (Å²) in [5.74, 6) is 0.430. The second kappa shape index (κ2) is 4.71. The molecule has 22 heavy (non-hydrogen) atoms. The molecule has 0 saturated carbocycles. The Kier molecular flexibility index (Phi) is 2.81. The summed E-state index contributed by atoms with van der Waals surface area (Å²) in [7, 11) is 0. The van der Waals surface area contributed by atoms with Crippen molar-refractivity contribution in [3.63, 3.8) is 0 Å². The first kappa shape index (κ1) is 13.1. The molecule has 5 heteroatoms. The summed E-state index contributed by atoms with van der Waals surface area (Å²) in [6, 6.07) is 13.6. The lowest BCUT2D eigenvalue weighted by atomic mass is 9.99. The number of aromatic nitrogens is 2. The second-order valence-corrected chi connectivity index (χ2v) is 5.43. The van der Waals surface area contributed by atoms with Gasteiger partial charge < -0.3 is 10.8 Å². The van der Waals surface area contributed by atoms with E-state index in [1.165, 1.54) is 0 Å². The van der Waals surface area contributed by atoms with Gasteiger partial charge in [0.15, 0.2) is 0 Å². The van der Waals surface area contributed by atoms with Gasteiger partial charge in [-0.1, -0.05) is 24.3 Å². The molecular formula is C17H12ClN3O. The SMILES string of the molecule is Nc1nc2cc/c(=C(/O)CCl)c3cc4ccccc4c(n1)c23. The van der Waals surface area contributed by atoms with Gasteiger partial charge in [-0.2, -0.15) is 0 Å². The molecule has 0 saturated heterocycles. The van der Waals surface area contributed by atoms with Crippen LogP contribution >= 0.6 is 11.6 Å². The Balaban J connectivity index is 2.40. The molecule has 0 fully saturated rings. The van der Waals surface area contributed by atoms with Crippen molar-refractivity contribution >= 4 is 55.9 Å². The average molecular weight is 310 g/mol. The van der Waals surface area contributed by atoms with Crippen molar-refractivity contribution < 1.29 is 5.11 Å². The lowest BCUT2D eigenvalue weighted by molar-refractivity contribution is 0.501. The van der Waals surface area contributed by atoms with Gasteiger partial charge in [0, 0.05) is 16.0 Å². The van der Waals surface area contributed by atoms with Crippen molar-refractivity contribution in [1.82, 2.24) is 9.97 Å². The predicted molar refractivity (Wildman–Crippen MR) is 90.9 cm³/mol. The summed E-state index contributed by atoms with van der Waals surface area (Å²) in [5, 5.41) is 14.6. The standard InChI is InChI=1S/C17H12ClN3O/c18-8-14(22)11-5-6-13-15-12(11)7-9-3-1-2-4-10(9)16(15)21-17(19)20-13/h1-7,22H,8H2,(H2,19,20,21)/b14-11-. The third-order valence-corrected chi connectivity index (χ3v) is 4.13. The van der Waals surface area contributed by atoms with Crippen molar-refractivity contribution in [2.24, 2.45) is 0 Å². The van der Waals surface area contributed by atoms with E-state index in [0.717, 1.165) is 32.6 Å². The molecule has 0 amide bonds. The third kappa shape index (κ3) is 1.77. The first-order chi connectivity index (χ1) is 10.7. The molecule has 108 valence electrons. The fourth-order valence-electron chi connectivity index (χ4n) is 2.93. The van der Waals surface area contributed by atoms with E-state index < -0.39 is 0 Å². The molecule has 0 spiro atoms. The van der Waals surface area contributed by atoms with E-state index in [1.807, 2.05) is 42.5 Å². The number of nitrogens with zero attached hydrogens (tertiary/aromatic N) is 2. The Morgan fingerprint density at radius 1 is 1.09 bits per heavy atom. The van der Waals surface area contributed by atoms with Crippen LogP contribution in [0, 0.1) is 0 Å². The largest absolute Gasteiger partial charge is 0.510 e. The van der Waals surface area contributed by atoms with Crippen LogP contribution in [0.15, 0.2) is 42.5 Å². The van der Waals surface area contributed by atoms with Crippen LogP contribution in [0.5, 0.6) is 0 Å². The second-order valence-electron chi connectivity index (χ2n) is 5.16. The number of rotatable bonds is 1. The Bertz CT molecular complexity index is 1090. The van der Waals surface area contributed by atoms with E-state index in [2.05, 4.69) is 9.97 Å². The summed E-state index contributed by atoms with van der Waals surface area (Å²) in [6.07, 6.45) is 0. The highest BCUT2D eigenvalue weighted by Crippen LogP contribution is 2.30. The van der Waals surface area contributed by atoms with Crippen LogP contribution < -0.4 is 11.0 Å². The fourth-order valence-corrected chi connectivity index (χ4v) is 3.08. The lowest BCUT2D eigenvalue weighted by Crippen LogP contribution is -2.10. The number of benzene rings is 3. The van der Waals surface area contributed by atoms with E-state index in [1.54, 1.807) is 0 Å². The van der Waals surface area contributed by atoms with Gasteiger partial charge in [0.2, 0.25) is 5.95 Å². The Hall–Kier alpha value is -2.59. The minimum absolute atomic E-state index is 0.0547. The van der Waals surface area contributed by atoms with E-state index in [0.29, 0.717) is 5.22 Å². The van der Waals surface area contributed by atoms with Crippen LogP contribution in [0.25, 0.3) is 38.3 Å². The number of alkyl halides is 1. The average Bonchev–Trinajstić information content (AvgIpc) is 2.54. The highest BCUT2D eigenvalue weighted by atomic mass is 35.5. The van der Waals surface area contributed by atoms with Gasteiger partial charge in [-0.25, -0.2) is 9.97 Å². The molecule has 1 aromatic heterocycles. The monoisotopic (exact) mass is 309 g/mol. The molecule has 0 atom stereocenters. The first-order valence-electron chi connectivity index (χ1n) is 6.84. The molecule has 1 heterocycles. The van der Waals surface area contributed by atoms with Crippen LogP contribution in [0.2, 0.25) is 0 Å². The number of halogens is 1. The maximum atomic E-state index is 10.1. The summed E-state index contributed by atoms with van der Waals surface area (Å²) >= 11 is 5.80. The maximum Gasteiger partial charge on any atom is 0.221 e. The Labute approximate surface area is 130 Å². The number of nitrogen functional groups attached to an aromatic ring is 1. The minimum atomic E-state index is 0.0547. The normalized spacial score (nSPS) is 13.1. The molecule has 4 nitrogen and oxygen atoms in total. The van der Waals surface area contributed by atoms with Crippen molar-refractivity contribution in [3.8, 4) is 0 Å². The van der Waals surface area contributed by atoms with Crippen LogP contribution in [-0.2, 0) is 0 Å². The van der Waals surface area contributed by atoms with Crippen LogP contribution in [0.1, 0.15) is 0 Å². The lowest BCUT2D eigenvalue weighted by Gasteiger charge is -2.10. The number of hydrogen-bond donors (Lipinski definition) is 2. The van der Waals surface area contributed by atoms with Crippen LogP contribution in [-0.4, -0.2) is 21.0 Å². The van der Waals surface area contributed by atoms with Gasteiger partial charge in [-0.15, -0.1) is 11.6 Å². The molecule has 3 aromatic carbocycles. The van der Waals surface area contributed by atoms with Gasteiger partial charge in [-0.3, -0.25) is 0 Å². The highest BCUT2D eigenvalue weighted by molar-refractivity contribution is 6.22. The molecule has 0 aliphatic carbocycles. The van der Waals surface area contributed by atoms with Crippen LogP contribution in [0.3, 0.4) is 0 Å². The van der Waals surface area contributed by atoms with Crippen molar-refractivity contribution in [1.29, 1.82) is 0 Å². The van der Waals surface area contributed by atoms with E-state index >= 15 is 0 Å². The number of aliphatic hydroxyl groups is 1. The molecule has 0 unspecified atom stereocenters. The molecule has 0 radical (unpaired) electrons. The molecular weight excluding hydrogens is 298 g/mol. The quantitative estimate of drug-likeness (QED) is 0.322. The smallest absolute Gasteiger partial charge is 0.221 e. The summed E-state index contributed by atoms with van der Waals surface area (Å²) in [4.78, 5) is 8.72. The number of fused-ring (bicyclic) bond motifs is 2. The zero-order valence-corrected chi connectivity index (χ0v) is 12.3. The number of aliphatic hydroxyl groups excluding tert-OH is 1. The predicted octanol–water partition coefficient (Wildman–Crippen LogP) is 3.14. The highest BCUT2D eigenvalue weighted by Gasteiger charge is 2.12. The zero-order chi connectivity index (χ0) is 15.3. The van der Waals surface area contributed by atoms with Gasteiger partial charge in [0.25, 0.3) is 0 Å². The fraction of sp³-hybridized carbons (Fsp3) is 0.0588. The van der Waals surface area contributed by atoms with Crippen molar-refractivity contribution in [2.75, 3.05) is 11.6 Å². The summed E-state index contributed by atoms with van der Waals surface area (Å²) < 4.78 is 0. The Morgan fingerprint density at radius 2 is 1.91 bits per heavy atom. The van der Waals surface area contributed by atoms with Gasteiger partial charge in [0.05, 0.1) is 16.9 Å². The topological polar surface area (TPSA) is 72.0 Å². The number of anilines is 1. The maximum absolute atomic E-state index is 10.1. The van der Waals surface area contributed by atoms with E-state index in [4.69, 9.17) is 17.3 Å². The van der Waals surface area contributed by atoms with Gasteiger partial charge in [-0.05, 0) is 29.0 Å². The van der Waals surface area contributed by atoms with Gasteiger partial charge >= 0.3 is 0 Å². The molecule has 0 aliphatic rings. The zero-order valence-electron chi connectivity index (χ0n) is 11.5. The third-order valence-electron chi connectivity index (χ3n) is 3.87. The molecule has 0 bridgehead atoms. The van der Waals surface area contributed by atoms with E-state index in [9.17, 15) is 5.11 Å². The minimum Gasteiger partial charge on any atom is -0.510 e. The Morgan fingerprint density at radius 3 is 2.73 bits per heavy atom. The summed E-state index contributed by atoms with van der Waals surface area (Å²) in [6.45, 7) is 0. The number of nitrogens with two attached hydrogens (primary N) is 1. The van der Waals surface area contributed by atoms with Crippen LogP contribution in [0.4, 0.5) is 5.95 Å². The number of hydrogen-bond acceptors (Lipinski definition) is 4. The van der Waals surface area contributed by atoms with Gasteiger partial charge in [0.1, 0.15) is 5.76 Å². The van der Waals surface area contributed by atoms with Crippen molar-refractivity contribution in [3.05, 3.63) is 47.7 Å². The molecule has 0 aliphatic heterocycles. The molecule has 4 rings (SSSR count). The summed E-state index contributed by atoms with van der Waals surface area (Å²) in [5.41, 5.74) is 7.40. The molecule has 3 N–H and O–H groups in total.